The lowest BCUT2D eigenvalue weighted by Crippen LogP contribution is -2.01. The normalized spacial score (nSPS) is 10.3. The van der Waals surface area contributed by atoms with Crippen molar-refractivity contribution in [1.82, 2.24) is 0 Å². The van der Waals surface area contributed by atoms with E-state index in [2.05, 4.69) is 21.2 Å². The number of benzene rings is 2. The molecule has 3 N–H and O–H groups in total. The first-order chi connectivity index (χ1) is 8.58. The van der Waals surface area contributed by atoms with Gasteiger partial charge in [-0.15, -0.1) is 0 Å². The molecule has 0 aliphatic carbocycles. The van der Waals surface area contributed by atoms with Crippen molar-refractivity contribution < 1.29 is 10.2 Å². The average Bonchev–Trinajstić information content (AvgIpc) is 2.35. The maximum Gasteiger partial charge on any atom is 0.162 e. The lowest BCUT2D eigenvalue weighted by atomic mass is 10.1. The predicted octanol–water partition coefficient (Wildman–Crippen LogP) is 3.78. The molecule has 0 spiro atoms. The fourth-order valence-corrected chi connectivity index (χ4v) is 2.06. The van der Waals surface area contributed by atoms with Crippen molar-refractivity contribution in [2.75, 3.05) is 5.32 Å². The molecule has 0 amide bonds. The summed E-state index contributed by atoms with van der Waals surface area (Å²) in [5.74, 6) is -0.169. The number of hydrogen-bond donors (Lipinski definition) is 3. The summed E-state index contributed by atoms with van der Waals surface area (Å²) in [6.07, 6.45) is 0. The number of aryl methyl sites for hydroxylation is 1. The van der Waals surface area contributed by atoms with Crippen LogP contribution < -0.4 is 5.32 Å². The van der Waals surface area contributed by atoms with Crippen LogP contribution in [0.4, 0.5) is 5.69 Å². The van der Waals surface area contributed by atoms with Gasteiger partial charge in [-0.2, -0.15) is 0 Å². The number of phenols is 2. The summed E-state index contributed by atoms with van der Waals surface area (Å²) in [6.45, 7) is 2.47. The van der Waals surface area contributed by atoms with E-state index in [1.165, 1.54) is 6.07 Å². The molecule has 3 nitrogen and oxygen atoms in total. The van der Waals surface area contributed by atoms with Crippen molar-refractivity contribution in [3.05, 3.63) is 52.0 Å². The van der Waals surface area contributed by atoms with E-state index in [0.717, 1.165) is 15.7 Å². The fourth-order valence-electron chi connectivity index (χ4n) is 1.70. The zero-order valence-corrected chi connectivity index (χ0v) is 11.5. The Morgan fingerprint density at radius 2 is 1.94 bits per heavy atom. The van der Waals surface area contributed by atoms with Gasteiger partial charge >= 0.3 is 0 Å². The summed E-state index contributed by atoms with van der Waals surface area (Å²) < 4.78 is 0.996. The first-order valence-corrected chi connectivity index (χ1v) is 6.37. The van der Waals surface area contributed by atoms with Crippen molar-refractivity contribution in [2.24, 2.45) is 0 Å². The second-order valence-electron chi connectivity index (χ2n) is 4.10. The first-order valence-electron chi connectivity index (χ1n) is 5.58. The molecule has 2 rings (SSSR count). The second-order valence-corrected chi connectivity index (χ2v) is 5.01. The van der Waals surface area contributed by atoms with Crippen LogP contribution in [0.2, 0.25) is 0 Å². The minimum Gasteiger partial charge on any atom is -0.504 e. The topological polar surface area (TPSA) is 52.5 Å². The Hall–Kier alpha value is -1.68. The lowest BCUT2D eigenvalue weighted by Gasteiger charge is -2.11. The molecule has 2 aromatic carbocycles. The number of phenolic OH excluding ortho intramolecular Hbond substituents is 2. The van der Waals surface area contributed by atoms with Gasteiger partial charge in [0.15, 0.2) is 11.5 Å². The Balaban J connectivity index is 2.16. The van der Waals surface area contributed by atoms with Crippen molar-refractivity contribution >= 4 is 21.6 Å². The van der Waals surface area contributed by atoms with Gasteiger partial charge in [0.2, 0.25) is 0 Å². The van der Waals surface area contributed by atoms with Crippen LogP contribution in [0.1, 0.15) is 11.1 Å². The molecule has 0 saturated carbocycles. The summed E-state index contributed by atoms with van der Waals surface area (Å²) in [5.41, 5.74) is 2.78. The highest BCUT2D eigenvalue weighted by atomic mass is 79.9. The number of para-hydroxylation sites is 1. The van der Waals surface area contributed by atoms with Gasteiger partial charge in [0.05, 0.1) is 0 Å². The average molecular weight is 308 g/mol. The van der Waals surface area contributed by atoms with Crippen LogP contribution in [0.3, 0.4) is 0 Å². The van der Waals surface area contributed by atoms with Crippen molar-refractivity contribution in [1.29, 1.82) is 0 Å². The predicted molar refractivity (Wildman–Crippen MR) is 76.0 cm³/mol. The van der Waals surface area contributed by atoms with Crippen LogP contribution in [0, 0.1) is 6.92 Å². The molecule has 0 aliphatic heterocycles. The molecule has 4 heteroatoms. The van der Waals surface area contributed by atoms with Crippen molar-refractivity contribution in [2.45, 2.75) is 13.5 Å². The van der Waals surface area contributed by atoms with Gasteiger partial charge in [-0.25, -0.2) is 0 Å². The van der Waals surface area contributed by atoms with Crippen LogP contribution in [0.15, 0.2) is 40.9 Å². The highest BCUT2D eigenvalue weighted by molar-refractivity contribution is 9.10. The molecule has 0 saturated heterocycles. The zero-order valence-electron chi connectivity index (χ0n) is 9.94. The van der Waals surface area contributed by atoms with E-state index in [0.29, 0.717) is 12.1 Å². The van der Waals surface area contributed by atoms with E-state index in [4.69, 9.17) is 0 Å². The first kappa shape index (κ1) is 12.8. The van der Waals surface area contributed by atoms with Crippen LogP contribution in [0.25, 0.3) is 0 Å². The van der Waals surface area contributed by atoms with E-state index in [1.54, 1.807) is 12.1 Å². The van der Waals surface area contributed by atoms with Gasteiger partial charge in [0.25, 0.3) is 0 Å². The maximum absolute atomic E-state index is 9.70. The van der Waals surface area contributed by atoms with E-state index in [9.17, 15) is 10.2 Å². The minimum absolute atomic E-state index is 0.0716. The molecule has 2 aromatic rings. The molecule has 0 radical (unpaired) electrons. The van der Waals surface area contributed by atoms with Crippen molar-refractivity contribution in [3.63, 3.8) is 0 Å². The minimum atomic E-state index is -0.0970. The third kappa shape index (κ3) is 2.76. The largest absolute Gasteiger partial charge is 0.504 e. The molecule has 18 heavy (non-hydrogen) atoms. The number of halogens is 1. The third-order valence-electron chi connectivity index (χ3n) is 2.77. The Bertz CT molecular complexity index is 568. The third-order valence-corrected chi connectivity index (χ3v) is 3.26. The molecule has 0 heterocycles. The van der Waals surface area contributed by atoms with Crippen LogP contribution >= 0.6 is 15.9 Å². The highest BCUT2D eigenvalue weighted by Crippen LogP contribution is 2.29. The number of nitrogens with one attached hydrogen (secondary N) is 1. The van der Waals surface area contributed by atoms with Gasteiger partial charge < -0.3 is 15.5 Å². The molecule has 0 aromatic heterocycles. The van der Waals surface area contributed by atoms with E-state index in [-0.39, 0.29) is 11.5 Å². The summed E-state index contributed by atoms with van der Waals surface area (Å²) >= 11 is 3.42. The summed E-state index contributed by atoms with van der Waals surface area (Å²) in [4.78, 5) is 0. The fraction of sp³-hybridized carbons (Fsp3) is 0.143. The number of rotatable bonds is 3. The lowest BCUT2D eigenvalue weighted by molar-refractivity contribution is 0.400. The smallest absolute Gasteiger partial charge is 0.162 e. The molecular weight excluding hydrogens is 294 g/mol. The number of anilines is 1. The monoisotopic (exact) mass is 307 g/mol. The Labute approximate surface area is 114 Å². The summed E-state index contributed by atoms with van der Waals surface area (Å²) in [5, 5.41) is 22.3. The standard InChI is InChI=1S/C14H14BrNO2/c1-9-5-6-11(15)7-12(9)16-8-10-3-2-4-13(17)14(10)18/h2-7,16-18H,8H2,1H3. The summed E-state index contributed by atoms with van der Waals surface area (Å²) in [6, 6.07) is 10.9. The molecule has 0 fully saturated rings. The summed E-state index contributed by atoms with van der Waals surface area (Å²) in [7, 11) is 0. The molecule has 0 atom stereocenters. The Morgan fingerprint density at radius 1 is 1.17 bits per heavy atom. The van der Waals surface area contributed by atoms with Gasteiger partial charge in [-0.05, 0) is 30.7 Å². The van der Waals surface area contributed by atoms with Crippen molar-refractivity contribution in [3.8, 4) is 11.5 Å². The second kappa shape index (κ2) is 5.31. The molecule has 0 unspecified atom stereocenters. The van der Waals surface area contributed by atoms with Crippen LogP contribution in [-0.2, 0) is 6.54 Å². The molecular formula is C14H14BrNO2. The molecule has 0 aliphatic rings. The number of hydrogen-bond acceptors (Lipinski definition) is 3. The highest BCUT2D eigenvalue weighted by Gasteiger charge is 2.06. The van der Waals surface area contributed by atoms with Gasteiger partial charge in [-0.1, -0.05) is 34.1 Å². The van der Waals surface area contributed by atoms with Gasteiger partial charge in [0.1, 0.15) is 0 Å². The van der Waals surface area contributed by atoms with Crippen LogP contribution in [-0.4, -0.2) is 10.2 Å². The van der Waals surface area contributed by atoms with E-state index >= 15 is 0 Å². The number of aromatic hydroxyl groups is 2. The maximum atomic E-state index is 9.70. The quantitative estimate of drug-likeness (QED) is 0.756. The molecule has 94 valence electrons. The van der Waals surface area contributed by atoms with E-state index in [1.807, 2.05) is 25.1 Å². The van der Waals surface area contributed by atoms with Gasteiger partial charge in [-0.3, -0.25) is 0 Å². The Morgan fingerprint density at radius 3 is 2.72 bits per heavy atom. The molecule has 0 bridgehead atoms. The zero-order chi connectivity index (χ0) is 13.1. The van der Waals surface area contributed by atoms with Crippen LogP contribution in [0.5, 0.6) is 11.5 Å². The van der Waals surface area contributed by atoms with Gasteiger partial charge in [0, 0.05) is 22.3 Å². The Kier molecular flexibility index (Phi) is 3.77. The van der Waals surface area contributed by atoms with E-state index < -0.39 is 0 Å². The SMILES string of the molecule is Cc1ccc(Br)cc1NCc1cccc(O)c1O.